The molecule has 3 rings (SSSR count). The van der Waals surface area contributed by atoms with Gasteiger partial charge in [-0.3, -0.25) is 4.68 Å². The maximum Gasteiger partial charge on any atom is 0.138 e. The first-order chi connectivity index (χ1) is 9.76. The van der Waals surface area contributed by atoms with E-state index in [0.29, 0.717) is 0 Å². The van der Waals surface area contributed by atoms with Gasteiger partial charge in [-0.25, -0.2) is 4.98 Å². The molecule has 106 valence electrons. The summed E-state index contributed by atoms with van der Waals surface area (Å²) >= 11 is 0. The smallest absolute Gasteiger partial charge is 0.138 e. The number of hydrogen-bond donors (Lipinski definition) is 1. The second-order valence-corrected chi connectivity index (χ2v) is 5.68. The van der Waals surface area contributed by atoms with E-state index in [-0.39, 0.29) is 11.5 Å². The molecular formula is C16H22N4. The van der Waals surface area contributed by atoms with Gasteiger partial charge in [0.1, 0.15) is 12.2 Å². The summed E-state index contributed by atoms with van der Waals surface area (Å²) in [6.07, 6.45) is 6.05. The van der Waals surface area contributed by atoms with Gasteiger partial charge in [0.25, 0.3) is 0 Å². The lowest BCUT2D eigenvalue weighted by Gasteiger charge is -2.47. The Morgan fingerprint density at radius 3 is 2.65 bits per heavy atom. The van der Waals surface area contributed by atoms with Gasteiger partial charge < -0.3 is 5.73 Å². The Bertz CT molecular complexity index is 557. The zero-order valence-electron chi connectivity index (χ0n) is 12.0. The third-order valence-electron chi connectivity index (χ3n) is 4.70. The molecule has 1 aromatic heterocycles. The number of benzene rings is 1. The van der Waals surface area contributed by atoms with Gasteiger partial charge in [0.15, 0.2) is 0 Å². The Hall–Kier alpha value is -1.68. The van der Waals surface area contributed by atoms with E-state index in [2.05, 4.69) is 47.3 Å². The lowest BCUT2D eigenvalue weighted by Crippen LogP contribution is -2.51. The van der Waals surface area contributed by atoms with Crippen molar-refractivity contribution in [1.82, 2.24) is 14.8 Å². The van der Waals surface area contributed by atoms with Crippen LogP contribution in [-0.4, -0.2) is 20.8 Å². The second-order valence-electron chi connectivity index (χ2n) is 5.68. The van der Waals surface area contributed by atoms with Crippen LogP contribution < -0.4 is 5.73 Å². The Balaban J connectivity index is 1.83. The largest absolute Gasteiger partial charge is 0.326 e. The van der Waals surface area contributed by atoms with Gasteiger partial charge in [-0.1, -0.05) is 36.8 Å². The summed E-state index contributed by atoms with van der Waals surface area (Å²) in [7, 11) is 0. The van der Waals surface area contributed by atoms with Crippen LogP contribution in [0.5, 0.6) is 0 Å². The summed E-state index contributed by atoms with van der Waals surface area (Å²) in [4.78, 5) is 4.36. The van der Waals surface area contributed by atoms with Crippen LogP contribution >= 0.6 is 0 Å². The molecule has 1 fully saturated rings. The molecule has 0 aliphatic heterocycles. The Morgan fingerprint density at radius 2 is 2.05 bits per heavy atom. The quantitative estimate of drug-likeness (QED) is 0.907. The van der Waals surface area contributed by atoms with Crippen molar-refractivity contribution in [1.29, 1.82) is 0 Å². The normalized spacial score (nSPS) is 18.5. The molecule has 0 spiro atoms. The lowest BCUT2D eigenvalue weighted by atomic mass is 9.59. The average Bonchev–Trinajstić information content (AvgIpc) is 2.86. The molecule has 1 unspecified atom stereocenters. The summed E-state index contributed by atoms with van der Waals surface area (Å²) in [5.74, 6) is 1.00. The monoisotopic (exact) mass is 270 g/mol. The van der Waals surface area contributed by atoms with Crippen molar-refractivity contribution in [2.24, 2.45) is 5.73 Å². The molecule has 1 aliphatic carbocycles. The summed E-state index contributed by atoms with van der Waals surface area (Å²) in [6.45, 7) is 2.93. The predicted molar refractivity (Wildman–Crippen MR) is 79.3 cm³/mol. The van der Waals surface area contributed by atoms with Crippen molar-refractivity contribution >= 4 is 0 Å². The molecule has 1 saturated carbocycles. The first kappa shape index (κ1) is 13.3. The van der Waals surface area contributed by atoms with Crippen LogP contribution in [0.2, 0.25) is 0 Å². The number of aromatic nitrogens is 3. The Kier molecular flexibility index (Phi) is 3.57. The molecule has 0 bridgehead atoms. The number of rotatable bonds is 5. The van der Waals surface area contributed by atoms with E-state index in [0.717, 1.165) is 18.8 Å². The zero-order valence-corrected chi connectivity index (χ0v) is 12.0. The van der Waals surface area contributed by atoms with Crippen LogP contribution in [0.1, 0.15) is 37.6 Å². The van der Waals surface area contributed by atoms with Crippen LogP contribution in [0.15, 0.2) is 36.7 Å². The summed E-state index contributed by atoms with van der Waals surface area (Å²) in [5.41, 5.74) is 8.09. The van der Waals surface area contributed by atoms with E-state index in [4.69, 9.17) is 5.73 Å². The molecule has 2 aromatic rings. The fourth-order valence-electron chi connectivity index (χ4n) is 3.30. The van der Waals surface area contributed by atoms with Crippen LogP contribution in [-0.2, 0) is 18.4 Å². The molecule has 1 aliphatic rings. The van der Waals surface area contributed by atoms with E-state index in [1.165, 1.54) is 24.8 Å². The van der Waals surface area contributed by atoms with E-state index in [1.54, 1.807) is 6.33 Å². The molecule has 1 heterocycles. The second kappa shape index (κ2) is 5.37. The van der Waals surface area contributed by atoms with Gasteiger partial charge in [0.2, 0.25) is 0 Å². The lowest BCUT2D eigenvalue weighted by molar-refractivity contribution is 0.192. The molecule has 4 heteroatoms. The zero-order chi connectivity index (χ0) is 14.0. The first-order valence-electron chi connectivity index (χ1n) is 7.44. The molecule has 0 amide bonds. The fraction of sp³-hybridized carbons (Fsp3) is 0.500. The van der Waals surface area contributed by atoms with Crippen molar-refractivity contribution < 1.29 is 0 Å². The van der Waals surface area contributed by atoms with Crippen LogP contribution in [0.25, 0.3) is 0 Å². The third kappa shape index (κ3) is 2.14. The van der Waals surface area contributed by atoms with Gasteiger partial charge in [-0.05, 0) is 25.3 Å². The van der Waals surface area contributed by atoms with Crippen LogP contribution in [0, 0.1) is 0 Å². The standard InChI is InChI=1S/C16H22N4/c1-2-20-15(18-12-19-20)11-14(17)16(9-6-10-16)13-7-4-3-5-8-13/h3-5,7-8,12,14H,2,6,9-11,17H2,1H3. The highest BCUT2D eigenvalue weighted by molar-refractivity contribution is 5.30. The highest BCUT2D eigenvalue weighted by Gasteiger charge is 2.44. The van der Waals surface area contributed by atoms with Gasteiger partial charge >= 0.3 is 0 Å². The van der Waals surface area contributed by atoms with Gasteiger partial charge in [-0.15, -0.1) is 0 Å². The summed E-state index contributed by atoms with van der Waals surface area (Å²) in [6, 6.07) is 10.8. The van der Waals surface area contributed by atoms with Crippen LogP contribution in [0.4, 0.5) is 0 Å². The molecule has 4 nitrogen and oxygen atoms in total. The Labute approximate surface area is 120 Å². The van der Waals surface area contributed by atoms with E-state index < -0.39 is 0 Å². The number of hydrogen-bond acceptors (Lipinski definition) is 3. The molecule has 0 saturated heterocycles. The topological polar surface area (TPSA) is 56.7 Å². The molecular weight excluding hydrogens is 248 g/mol. The first-order valence-corrected chi connectivity index (χ1v) is 7.44. The Morgan fingerprint density at radius 1 is 1.30 bits per heavy atom. The predicted octanol–water partition coefficient (Wildman–Crippen LogP) is 2.29. The minimum Gasteiger partial charge on any atom is -0.326 e. The number of aryl methyl sites for hydroxylation is 1. The van der Waals surface area contributed by atoms with E-state index in [1.807, 2.05) is 4.68 Å². The number of nitrogens with zero attached hydrogens (tertiary/aromatic N) is 3. The highest BCUT2D eigenvalue weighted by Crippen LogP contribution is 2.46. The summed E-state index contributed by atoms with van der Waals surface area (Å²) in [5, 5.41) is 4.24. The molecule has 1 atom stereocenters. The molecule has 20 heavy (non-hydrogen) atoms. The van der Waals surface area contributed by atoms with Crippen molar-refractivity contribution in [2.75, 3.05) is 0 Å². The van der Waals surface area contributed by atoms with Crippen molar-refractivity contribution in [3.8, 4) is 0 Å². The van der Waals surface area contributed by atoms with Gasteiger partial charge in [-0.2, -0.15) is 5.10 Å². The molecule has 1 aromatic carbocycles. The third-order valence-corrected chi connectivity index (χ3v) is 4.70. The van der Waals surface area contributed by atoms with Crippen LogP contribution in [0.3, 0.4) is 0 Å². The molecule has 2 N–H and O–H groups in total. The minimum atomic E-state index is 0.105. The van der Waals surface area contributed by atoms with Crippen molar-refractivity contribution in [2.45, 2.75) is 50.6 Å². The van der Waals surface area contributed by atoms with Crippen molar-refractivity contribution in [3.63, 3.8) is 0 Å². The summed E-state index contributed by atoms with van der Waals surface area (Å²) < 4.78 is 1.94. The van der Waals surface area contributed by atoms with Gasteiger partial charge in [0, 0.05) is 24.4 Å². The highest BCUT2D eigenvalue weighted by atomic mass is 15.3. The SMILES string of the molecule is CCn1ncnc1CC(N)C1(c2ccccc2)CCC1. The fourth-order valence-corrected chi connectivity index (χ4v) is 3.30. The maximum atomic E-state index is 6.58. The van der Waals surface area contributed by atoms with Gasteiger partial charge in [0.05, 0.1) is 0 Å². The average molecular weight is 270 g/mol. The van der Waals surface area contributed by atoms with Crippen molar-refractivity contribution in [3.05, 3.63) is 48.0 Å². The number of nitrogens with two attached hydrogens (primary N) is 1. The minimum absolute atomic E-state index is 0.105. The van der Waals surface area contributed by atoms with E-state index in [9.17, 15) is 0 Å². The maximum absolute atomic E-state index is 6.58. The van der Waals surface area contributed by atoms with E-state index >= 15 is 0 Å². The molecule has 0 radical (unpaired) electrons.